The first kappa shape index (κ1) is 17.1. The monoisotopic (exact) mass is 233 g/mol. The molecular formula is C11H23NO4. The van der Waals surface area contributed by atoms with E-state index in [2.05, 4.69) is 26.1 Å². The molecule has 0 spiro atoms. The first-order valence-corrected chi connectivity index (χ1v) is 5.23. The molecular weight excluding hydrogens is 210 g/mol. The summed E-state index contributed by atoms with van der Waals surface area (Å²) in [6, 6.07) is 0. The Morgan fingerprint density at radius 1 is 1.25 bits per heavy atom. The molecule has 0 aliphatic heterocycles. The Hall–Kier alpha value is -1.26. The van der Waals surface area contributed by atoms with Crippen molar-refractivity contribution in [2.45, 2.75) is 47.1 Å². The zero-order chi connectivity index (χ0) is 13.4. The maximum atomic E-state index is 10.8. The SMILES string of the molecule is CC(C)(C)OC(=O)NCC(=O)O.CC(C)C. The average molecular weight is 233 g/mol. The van der Waals surface area contributed by atoms with Crippen LogP contribution in [0.4, 0.5) is 4.79 Å². The fraction of sp³-hybridized carbons (Fsp3) is 0.818. The first-order valence-electron chi connectivity index (χ1n) is 5.23. The Labute approximate surface area is 97.2 Å². The van der Waals surface area contributed by atoms with Gasteiger partial charge in [0, 0.05) is 0 Å². The van der Waals surface area contributed by atoms with Crippen molar-refractivity contribution in [3.05, 3.63) is 0 Å². The highest BCUT2D eigenvalue weighted by molar-refractivity contribution is 5.76. The van der Waals surface area contributed by atoms with Gasteiger partial charge < -0.3 is 15.2 Å². The zero-order valence-electron chi connectivity index (χ0n) is 11.0. The maximum Gasteiger partial charge on any atom is 0.408 e. The highest BCUT2D eigenvalue weighted by Crippen LogP contribution is 2.05. The van der Waals surface area contributed by atoms with Gasteiger partial charge in [-0.15, -0.1) is 0 Å². The molecule has 0 atom stereocenters. The highest BCUT2D eigenvalue weighted by atomic mass is 16.6. The van der Waals surface area contributed by atoms with Gasteiger partial charge >= 0.3 is 12.1 Å². The lowest BCUT2D eigenvalue weighted by Gasteiger charge is -2.19. The Morgan fingerprint density at radius 2 is 1.62 bits per heavy atom. The second kappa shape index (κ2) is 7.96. The van der Waals surface area contributed by atoms with E-state index in [-0.39, 0.29) is 0 Å². The number of carboxylic acid groups (broad SMARTS) is 1. The van der Waals surface area contributed by atoms with Crippen LogP contribution in [0.2, 0.25) is 0 Å². The molecule has 0 aromatic carbocycles. The molecule has 0 saturated carbocycles. The summed E-state index contributed by atoms with van der Waals surface area (Å²) in [5.41, 5.74) is -0.595. The smallest absolute Gasteiger partial charge is 0.408 e. The van der Waals surface area contributed by atoms with Crippen LogP contribution in [0, 0.1) is 5.92 Å². The van der Waals surface area contributed by atoms with E-state index >= 15 is 0 Å². The molecule has 0 aliphatic rings. The largest absolute Gasteiger partial charge is 0.480 e. The van der Waals surface area contributed by atoms with Gasteiger partial charge in [-0.3, -0.25) is 4.79 Å². The van der Waals surface area contributed by atoms with E-state index in [4.69, 9.17) is 9.84 Å². The Kier molecular flexibility index (Phi) is 8.53. The van der Waals surface area contributed by atoms with Crippen LogP contribution in [0.1, 0.15) is 41.5 Å². The lowest BCUT2D eigenvalue weighted by atomic mass is 10.2. The van der Waals surface area contributed by atoms with Gasteiger partial charge in [0.25, 0.3) is 0 Å². The van der Waals surface area contributed by atoms with Gasteiger partial charge in [-0.1, -0.05) is 20.8 Å². The molecule has 5 heteroatoms. The molecule has 2 N–H and O–H groups in total. The van der Waals surface area contributed by atoms with Gasteiger partial charge in [0.2, 0.25) is 0 Å². The summed E-state index contributed by atoms with van der Waals surface area (Å²) >= 11 is 0. The van der Waals surface area contributed by atoms with Crippen molar-refractivity contribution in [1.82, 2.24) is 5.32 Å². The predicted octanol–water partition coefficient (Wildman–Crippen LogP) is 2.26. The third kappa shape index (κ3) is 23.0. The summed E-state index contributed by atoms with van der Waals surface area (Å²) in [4.78, 5) is 20.8. The average Bonchev–Trinajstić information content (AvgIpc) is 1.96. The lowest BCUT2D eigenvalue weighted by Crippen LogP contribution is -2.35. The molecule has 1 amide bonds. The molecule has 0 aliphatic carbocycles. The number of carbonyl (C=O) groups is 2. The fourth-order valence-corrected chi connectivity index (χ4v) is 0.462. The normalized spacial score (nSPS) is 10.2. The second-order valence-corrected chi connectivity index (χ2v) is 4.98. The molecule has 0 aromatic heterocycles. The molecule has 0 unspecified atom stereocenters. The Bertz CT molecular complexity index is 216. The minimum Gasteiger partial charge on any atom is -0.480 e. The number of carbonyl (C=O) groups excluding carboxylic acids is 1. The minimum absolute atomic E-state index is 0.422. The molecule has 0 radical (unpaired) electrons. The third-order valence-corrected chi connectivity index (χ3v) is 0.783. The van der Waals surface area contributed by atoms with Crippen molar-refractivity contribution >= 4 is 12.1 Å². The van der Waals surface area contributed by atoms with E-state index in [1.807, 2.05) is 0 Å². The van der Waals surface area contributed by atoms with Gasteiger partial charge in [-0.05, 0) is 26.7 Å². The summed E-state index contributed by atoms with van der Waals surface area (Å²) in [6.07, 6.45) is -0.718. The number of amides is 1. The topological polar surface area (TPSA) is 75.6 Å². The Morgan fingerprint density at radius 3 is 1.88 bits per heavy atom. The summed E-state index contributed by atoms with van der Waals surface area (Å²) in [5, 5.41) is 10.3. The van der Waals surface area contributed by atoms with Crippen LogP contribution in [0.25, 0.3) is 0 Å². The molecule has 0 fully saturated rings. The number of hydrogen-bond acceptors (Lipinski definition) is 3. The standard InChI is InChI=1S/C7H13NO4.C4H10/c1-7(2,3)12-6(11)8-4-5(9)10;1-4(2)3/h4H2,1-3H3,(H,8,11)(H,9,10);4H,1-3H3. The number of rotatable bonds is 2. The summed E-state index contributed by atoms with van der Waals surface area (Å²) < 4.78 is 4.77. The van der Waals surface area contributed by atoms with E-state index in [0.717, 1.165) is 5.92 Å². The van der Waals surface area contributed by atoms with Gasteiger partial charge in [-0.2, -0.15) is 0 Å². The number of ether oxygens (including phenoxy) is 1. The van der Waals surface area contributed by atoms with Crippen molar-refractivity contribution in [3.8, 4) is 0 Å². The number of nitrogens with one attached hydrogen (secondary N) is 1. The van der Waals surface area contributed by atoms with Crippen LogP contribution in [0.3, 0.4) is 0 Å². The Balaban J connectivity index is 0. The highest BCUT2D eigenvalue weighted by Gasteiger charge is 2.15. The van der Waals surface area contributed by atoms with Crippen LogP contribution in [0.15, 0.2) is 0 Å². The van der Waals surface area contributed by atoms with Crippen LogP contribution in [-0.2, 0) is 9.53 Å². The molecule has 96 valence electrons. The van der Waals surface area contributed by atoms with Crippen molar-refractivity contribution in [1.29, 1.82) is 0 Å². The third-order valence-electron chi connectivity index (χ3n) is 0.783. The quantitative estimate of drug-likeness (QED) is 0.767. The number of carboxylic acids is 1. The fourth-order valence-electron chi connectivity index (χ4n) is 0.462. The number of aliphatic carboxylic acids is 1. The molecule has 0 rings (SSSR count). The summed E-state index contributed by atoms with van der Waals surface area (Å²) in [7, 11) is 0. The summed E-state index contributed by atoms with van der Waals surface area (Å²) in [6.45, 7) is 11.2. The van der Waals surface area contributed by atoms with Crippen molar-refractivity contribution < 1.29 is 19.4 Å². The maximum absolute atomic E-state index is 10.8. The van der Waals surface area contributed by atoms with E-state index < -0.39 is 24.2 Å². The van der Waals surface area contributed by atoms with E-state index in [0.29, 0.717) is 0 Å². The molecule has 0 bridgehead atoms. The van der Waals surface area contributed by atoms with Crippen molar-refractivity contribution in [2.24, 2.45) is 5.92 Å². The van der Waals surface area contributed by atoms with Gasteiger partial charge in [0.05, 0.1) is 0 Å². The number of alkyl carbamates (subject to hydrolysis) is 1. The summed E-state index contributed by atoms with van der Waals surface area (Å²) in [5.74, 6) is -0.263. The zero-order valence-corrected chi connectivity index (χ0v) is 11.0. The van der Waals surface area contributed by atoms with Crippen molar-refractivity contribution in [3.63, 3.8) is 0 Å². The van der Waals surface area contributed by atoms with Crippen LogP contribution < -0.4 is 5.32 Å². The van der Waals surface area contributed by atoms with Crippen LogP contribution >= 0.6 is 0 Å². The van der Waals surface area contributed by atoms with E-state index in [1.54, 1.807) is 20.8 Å². The van der Waals surface area contributed by atoms with Gasteiger partial charge in [0.1, 0.15) is 12.1 Å². The molecule has 5 nitrogen and oxygen atoms in total. The molecule has 16 heavy (non-hydrogen) atoms. The van der Waals surface area contributed by atoms with E-state index in [9.17, 15) is 9.59 Å². The first-order chi connectivity index (χ1) is 7.04. The van der Waals surface area contributed by atoms with Gasteiger partial charge in [0.15, 0.2) is 0 Å². The second-order valence-electron chi connectivity index (χ2n) is 4.98. The predicted molar refractivity (Wildman–Crippen MR) is 62.4 cm³/mol. The van der Waals surface area contributed by atoms with Gasteiger partial charge in [-0.25, -0.2) is 4.79 Å². The van der Waals surface area contributed by atoms with Crippen LogP contribution in [-0.4, -0.2) is 29.3 Å². The number of hydrogen-bond donors (Lipinski definition) is 2. The van der Waals surface area contributed by atoms with E-state index in [1.165, 1.54) is 0 Å². The van der Waals surface area contributed by atoms with Crippen molar-refractivity contribution in [2.75, 3.05) is 6.54 Å². The molecule has 0 saturated heterocycles. The molecule has 0 heterocycles. The lowest BCUT2D eigenvalue weighted by molar-refractivity contribution is -0.136. The minimum atomic E-state index is -1.10. The van der Waals surface area contributed by atoms with Crippen LogP contribution in [0.5, 0.6) is 0 Å². The molecule has 0 aromatic rings.